The third-order valence-corrected chi connectivity index (χ3v) is 4.47. The van der Waals surface area contributed by atoms with Crippen molar-refractivity contribution < 1.29 is 9.53 Å². The molecular weight excluding hydrogens is 314 g/mol. The number of hydrogen-bond acceptors (Lipinski definition) is 4. The molecule has 0 radical (unpaired) electrons. The minimum absolute atomic E-state index is 0.0648. The molecule has 2 aromatic rings. The van der Waals surface area contributed by atoms with Gasteiger partial charge in [0.1, 0.15) is 5.75 Å². The fraction of sp³-hybridized carbons (Fsp3) is 0.400. The summed E-state index contributed by atoms with van der Waals surface area (Å²) in [5.74, 6) is 1.46. The molecule has 1 amide bonds. The highest BCUT2D eigenvalue weighted by Crippen LogP contribution is 2.26. The molecule has 132 valence electrons. The fourth-order valence-electron chi connectivity index (χ4n) is 3.15. The van der Waals surface area contributed by atoms with Crippen LogP contribution in [0.5, 0.6) is 5.75 Å². The minimum Gasteiger partial charge on any atom is -0.493 e. The summed E-state index contributed by atoms with van der Waals surface area (Å²) in [6, 6.07) is 12.1. The lowest BCUT2D eigenvalue weighted by molar-refractivity contribution is -0.122. The van der Waals surface area contributed by atoms with Gasteiger partial charge >= 0.3 is 0 Å². The number of hydrogen-bond donors (Lipinski definition) is 1. The number of benzene rings is 1. The second-order valence-electron chi connectivity index (χ2n) is 6.65. The lowest BCUT2D eigenvalue weighted by Crippen LogP contribution is -2.37. The number of carbonyl (C=O) groups excluding carboxylic acids is 1. The monoisotopic (exact) mass is 339 g/mol. The second-order valence-corrected chi connectivity index (χ2v) is 6.65. The van der Waals surface area contributed by atoms with E-state index in [2.05, 4.69) is 16.4 Å². The highest BCUT2D eigenvalue weighted by atomic mass is 16.5. The van der Waals surface area contributed by atoms with Crippen LogP contribution in [0.4, 0.5) is 0 Å². The number of nitrogens with one attached hydrogen (secondary N) is 1. The topological polar surface area (TPSA) is 54.5 Å². The van der Waals surface area contributed by atoms with Crippen LogP contribution < -0.4 is 10.1 Å². The van der Waals surface area contributed by atoms with E-state index in [9.17, 15) is 4.79 Å². The van der Waals surface area contributed by atoms with Crippen LogP contribution >= 0.6 is 0 Å². The molecule has 0 bridgehead atoms. The Balaban J connectivity index is 1.44. The van der Waals surface area contributed by atoms with E-state index in [4.69, 9.17) is 4.74 Å². The predicted molar refractivity (Wildman–Crippen MR) is 97.3 cm³/mol. The van der Waals surface area contributed by atoms with Crippen molar-refractivity contribution in [2.24, 2.45) is 5.92 Å². The number of ether oxygens (including phenoxy) is 1. The Morgan fingerprint density at radius 3 is 2.92 bits per heavy atom. The van der Waals surface area contributed by atoms with Gasteiger partial charge in [-0.25, -0.2) is 0 Å². The molecule has 5 nitrogen and oxygen atoms in total. The molecule has 5 heteroatoms. The van der Waals surface area contributed by atoms with Gasteiger partial charge in [0.2, 0.25) is 5.91 Å². The Bertz CT molecular complexity index is 690. The van der Waals surface area contributed by atoms with Crippen molar-refractivity contribution in [3.63, 3.8) is 0 Å². The van der Waals surface area contributed by atoms with Gasteiger partial charge in [-0.05, 0) is 55.1 Å². The van der Waals surface area contributed by atoms with Gasteiger partial charge in [0.25, 0.3) is 0 Å². The molecule has 25 heavy (non-hydrogen) atoms. The molecule has 0 spiro atoms. The van der Waals surface area contributed by atoms with Crippen LogP contribution in [-0.4, -0.2) is 42.5 Å². The van der Waals surface area contributed by atoms with Crippen LogP contribution in [0.1, 0.15) is 17.5 Å². The summed E-state index contributed by atoms with van der Waals surface area (Å²) in [4.78, 5) is 18.2. The van der Waals surface area contributed by atoms with Crippen molar-refractivity contribution in [2.45, 2.75) is 19.4 Å². The van der Waals surface area contributed by atoms with E-state index in [0.29, 0.717) is 25.6 Å². The van der Waals surface area contributed by atoms with Crippen molar-refractivity contribution in [1.82, 2.24) is 15.2 Å². The van der Waals surface area contributed by atoms with E-state index in [1.54, 1.807) is 12.4 Å². The summed E-state index contributed by atoms with van der Waals surface area (Å²) in [7, 11) is 1.95. The van der Waals surface area contributed by atoms with Crippen LogP contribution in [0.2, 0.25) is 0 Å². The Morgan fingerprint density at radius 2 is 2.08 bits per heavy atom. The smallest absolute Gasteiger partial charge is 0.234 e. The summed E-state index contributed by atoms with van der Waals surface area (Å²) in [6.07, 6.45) is 5.45. The Morgan fingerprint density at radius 1 is 1.28 bits per heavy atom. The Hall–Kier alpha value is -2.40. The summed E-state index contributed by atoms with van der Waals surface area (Å²) < 4.78 is 5.79. The zero-order valence-corrected chi connectivity index (χ0v) is 14.6. The molecule has 1 aliphatic rings. The van der Waals surface area contributed by atoms with Crippen LogP contribution in [0.15, 0.2) is 48.8 Å². The number of rotatable bonds is 6. The van der Waals surface area contributed by atoms with Gasteiger partial charge in [0.15, 0.2) is 0 Å². The van der Waals surface area contributed by atoms with Gasteiger partial charge in [0.05, 0.1) is 13.2 Å². The maximum absolute atomic E-state index is 12.2. The van der Waals surface area contributed by atoms with E-state index < -0.39 is 0 Å². The second kappa shape index (κ2) is 8.62. The number of fused-ring (bicyclic) bond motifs is 1. The molecule has 1 aromatic heterocycles. The highest BCUT2D eigenvalue weighted by molar-refractivity contribution is 5.77. The fourth-order valence-corrected chi connectivity index (χ4v) is 3.15. The first-order valence-corrected chi connectivity index (χ1v) is 8.75. The number of amides is 1. The first-order valence-electron chi connectivity index (χ1n) is 8.75. The molecule has 0 fully saturated rings. The van der Waals surface area contributed by atoms with Gasteiger partial charge in [-0.2, -0.15) is 0 Å². The van der Waals surface area contributed by atoms with Gasteiger partial charge in [0, 0.05) is 25.5 Å². The van der Waals surface area contributed by atoms with Gasteiger partial charge in [-0.3, -0.25) is 14.7 Å². The average Bonchev–Trinajstić information content (AvgIpc) is 2.82. The van der Waals surface area contributed by atoms with Crippen molar-refractivity contribution in [1.29, 1.82) is 0 Å². The number of carbonyl (C=O) groups is 1. The zero-order chi connectivity index (χ0) is 17.5. The molecule has 3 rings (SSSR count). The van der Waals surface area contributed by atoms with E-state index >= 15 is 0 Å². The normalized spacial score (nSPS) is 16.6. The van der Waals surface area contributed by atoms with E-state index in [1.807, 2.05) is 42.3 Å². The Kier molecular flexibility index (Phi) is 6.01. The minimum atomic E-state index is 0.0648. The number of aromatic nitrogens is 1. The molecular formula is C20H25N3O2. The maximum Gasteiger partial charge on any atom is 0.234 e. The molecule has 1 aromatic carbocycles. The molecule has 0 saturated heterocycles. The average molecular weight is 339 g/mol. The summed E-state index contributed by atoms with van der Waals surface area (Å²) in [5.41, 5.74) is 2.39. The standard InChI is InChI=1S/C20H25N3O2/c1-23(14-16-6-9-21-10-7-16)15-20(24)22-13-17-8-11-25-19-5-3-2-4-18(19)12-17/h2-7,9-10,17H,8,11-15H2,1H3,(H,22,24)/t17-/m0/s1. The largest absolute Gasteiger partial charge is 0.493 e. The summed E-state index contributed by atoms with van der Waals surface area (Å²) >= 11 is 0. The molecule has 0 unspecified atom stereocenters. The molecule has 1 N–H and O–H groups in total. The molecule has 1 aliphatic heterocycles. The van der Waals surface area contributed by atoms with Crippen molar-refractivity contribution in [3.8, 4) is 5.75 Å². The van der Waals surface area contributed by atoms with Crippen molar-refractivity contribution >= 4 is 5.91 Å². The number of nitrogens with zero attached hydrogens (tertiary/aromatic N) is 2. The van der Waals surface area contributed by atoms with Crippen molar-refractivity contribution in [2.75, 3.05) is 26.7 Å². The molecule has 0 saturated carbocycles. The van der Waals surface area contributed by atoms with Gasteiger partial charge < -0.3 is 10.1 Å². The third-order valence-electron chi connectivity index (χ3n) is 4.47. The molecule has 2 heterocycles. The van der Waals surface area contributed by atoms with Gasteiger partial charge in [-0.15, -0.1) is 0 Å². The molecule has 1 atom stereocenters. The van der Waals surface area contributed by atoms with Crippen LogP contribution in [0.3, 0.4) is 0 Å². The maximum atomic E-state index is 12.2. The summed E-state index contributed by atoms with van der Waals surface area (Å²) in [5, 5.41) is 3.08. The SMILES string of the molecule is CN(CC(=O)NC[C@H]1CCOc2ccccc2C1)Cc1ccncc1. The summed E-state index contributed by atoms with van der Waals surface area (Å²) in [6.45, 7) is 2.53. The van der Waals surface area contributed by atoms with Crippen LogP contribution in [-0.2, 0) is 17.8 Å². The predicted octanol–water partition coefficient (Wildman–Crippen LogP) is 2.27. The van der Waals surface area contributed by atoms with E-state index in [1.165, 1.54) is 5.56 Å². The quantitative estimate of drug-likeness (QED) is 0.877. The van der Waals surface area contributed by atoms with E-state index in [0.717, 1.165) is 30.7 Å². The first-order chi connectivity index (χ1) is 12.2. The van der Waals surface area contributed by atoms with Crippen LogP contribution in [0, 0.1) is 5.92 Å². The van der Waals surface area contributed by atoms with Gasteiger partial charge in [-0.1, -0.05) is 18.2 Å². The molecule has 0 aliphatic carbocycles. The van der Waals surface area contributed by atoms with Crippen LogP contribution in [0.25, 0.3) is 0 Å². The number of likely N-dealkylation sites (N-methyl/N-ethyl adjacent to an activating group) is 1. The number of pyridine rings is 1. The van der Waals surface area contributed by atoms with E-state index in [-0.39, 0.29) is 5.91 Å². The zero-order valence-electron chi connectivity index (χ0n) is 14.6. The Labute approximate surface area is 149 Å². The first kappa shape index (κ1) is 17.4. The lowest BCUT2D eigenvalue weighted by Gasteiger charge is -2.18. The lowest BCUT2D eigenvalue weighted by atomic mass is 9.97. The highest BCUT2D eigenvalue weighted by Gasteiger charge is 2.18. The van der Waals surface area contributed by atoms with Crippen molar-refractivity contribution in [3.05, 3.63) is 59.9 Å². The number of para-hydroxylation sites is 1. The third kappa shape index (κ3) is 5.29.